The first-order chi connectivity index (χ1) is 12.2. The number of halogens is 4. The Labute approximate surface area is 155 Å². The predicted octanol–water partition coefficient (Wildman–Crippen LogP) is 5.01. The van der Waals surface area contributed by atoms with E-state index in [0.29, 0.717) is 17.1 Å². The van der Waals surface area contributed by atoms with E-state index in [-0.39, 0.29) is 23.5 Å². The average Bonchev–Trinajstić information content (AvgIpc) is 2.57. The molecule has 0 unspecified atom stereocenters. The van der Waals surface area contributed by atoms with Gasteiger partial charge in [0.05, 0.1) is 30.9 Å². The maximum atomic E-state index is 14.9. The van der Waals surface area contributed by atoms with Gasteiger partial charge in [0, 0.05) is 23.7 Å². The molecule has 1 atom stereocenters. The first kappa shape index (κ1) is 18.7. The molecule has 0 radical (unpaired) electrons. The van der Waals surface area contributed by atoms with Gasteiger partial charge in [0.2, 0.25) is 0 Å². The summed E-state index contributed by atoms with van der Waals surface area (Å²) in [5, 5.41) is 0.547. The molecule has 0 bridgehead atoms. The number of nitrogens with two attached hydrogens (primary N) is 1. The number of hydrogen-bond donors (Lipinski definition) is 1. The number of nitrogens with zero attached hydrogens (tertiary/aromatic N) is 1. The molecular formula is C19H20ClF3N2O. The largest absolute Gasteiger partial charge is 0.495 e. The lowest BCUT2D eigenvalue weighted by molar-refractivity contribution is -0.0332. The van der Waals surface area contributed by atoms with Crippen LogP contribution in [0.2, 0.25) is 5.02 Å². The zero-order valence-electron chi connectivity index (χ0n) is 14.5. The summed E-state index contributed by atoms with van der Waals surface area (Å²) in [5.41, 5.74) is 7.18. The van der Waals surface area contributed by atoms with E-state index < -0.39 is 24.2 Å². The van der Waals surface area contributed by atoms with Gasteiger partial charge >= 0.3 is 0 Å². The van der Waals surface area contributed by atoms with Crippen molar-refractivity contribution in [3.63, 3.8) is 0 Å². The lowest BCUT2D eigenvalue weighted by atomic mass is 9.85. The summed E-state index contributed by atoms with van der Waals surface area (Å²) in [6.07, 6.45) is 0.195. The second-order valence-electron chi connectivity index (χ2n) is 6.58. The van der Waals surface area contributed by atoms with Gasteiger partial charge in [-0.1, -0.05) is 23.7 Å². The van der Waals surface area contributed by atoms with Gasteiger partial charge in [-0.15, -0.1) is 0 Å². The standard InChI is InChI=1S/C19H20ClF3N2O/c1-11-7-12(3-4-14(11)20)13-5-6-25(10-19(13,22)23)17-9-18(26-2)16(24)8-15(17)21/h3-4,7-9,13H,5-6,10,24H2,1-2H3/t13-/m1/s1. The summed E-state index contributed by atoms with van der Waals surface area (Å²) >= 11 is 5.99. The zero-order chi connectivity index (χ0) is 19.1. The molecule has 0 saturated carbocycles. The van der Waals surface area contributed by atoms with Crippen LogP contribution >= 0.6 is 11.6 Å². The summed E-state index contributed by atoms with van der Waals surface area (Å²) in [5.74, 6) is -4.33. The van der Waals surface area contributed by atoms with Crippen molar-refractivity contribution in [3.8, 4) is 5.75 Å². The number of anilines is 2. The average molecular weight is 385 g/mol. The Hall–Kier alpha value is -2.08. The molecule has 0 aliphatic carbocycles. The Kier molecular flexibility index (Phi) is 4.97. The molecular weight excluding hydrogens is 365 g/mol. The number of benzene rings is 2. The molecule has 3 rings (SSSR count). The van der Waals surface area contributed by atoms with Crippen molar-refractivity contribution in [1.29, 1.82) is 0 Å². The Morgan fingerprint density at radius 3 is 2.62 bits per heavy atom. The fraction of sp³-hybridized carbons (Fsp3) is 0.368. The van der Waals surface area contributed by atoms with Crippen molar-refractivity contribution < 1.29 is 17.9 Å². The van der Waals surface area contributed by atoms with Gasteiger partial charge in [-0.05, 0) is 30.5 Å². The number of hydrogen-bond acceptors (Lipinski definition) is 3. The van der Waals surface area contributed by atoms with Crippen LogP contribution in [0.1, 0.15) is 23.5 Å². The molecule has 1 heterocycles. The van der Waals surface area contributed by atoms with E-state index >= 15 is 0 Å². The summed E-state index contributed by atoms with van der Waals surface area (Å²) in [7, 11) is 1.40. The van der Waals surface area contributed by atoms with E-state index in [1.54, 1.807) is 25.1 Å². The van der Waals surface area contributed by atoms with Gasteiger partial charge in [-0.3, -0.25) is 0 Å². The van der Waals surface area contributed by atoms with Crippen molar-refractivity contribution in [2.45, 2.75) is 25.2 Å². The molecule has 1 saturated heterocycles. The maximum Gasteiger partial charge on any atom is 0.272 e. The summed E-state index contributed by atoms with van der Waals surface area (Å²) < 4.78 is 49.1. The van der Waals surface area contributed by atoms with E-state index in [0.717, 1.165) is 11.6 Å². The second kappa shape index (κ2) is 6.91. The minimum Gasteiger partial charge on any atom is -0.495 e. The number of nitrogen functional groups attached to an aromatic ring is 1. The first-order valence-corrected chi connectivity index (χ1v) is 8.62. The van der Waals surface area contributed by atoms with Gasteiger partial charge in [-0.2, -0.15) is 0 Å². The molecule has 2 N–H and O–H groups in total. The molecule has 140 valence electrons. The third-order valence-corrected chi connectivity index (χ3v) is 5.25. The van der Waals surface area contributed by atoms with Gasteiger partial charge in [-0.25, -0.2) is 13.2 Å². The molecule has 2 aromatic rings. The monoisotopic (exact) mass is 384 g/mol. The highest BCUT2D eigenvalue weighted by molar-refractivity contribution is 6.31. The summed E-state index contributed by atoms with van der Waals surface area (Å²) in [6, 6.07) is 7.44. The van der Waals surface area contributed by atoms with Gasteiger partial charge in [0.25, 0.3) is 5.92 Å². The lowest BCUT2D eigenvalue weighted by Crippen LogP contribution is -2.47. The Balaban J connectivity index is 1.88. The van der Waals surface area contributed by atoms with Crippen LogP contribution in [0.4, 0.5) is 24.5 Å². The Bertz CT molecular complexity index is 829. The number of piperidine rings is 1. The van der Waals surface area contributed by atoms with Crippen molar-refractivity contribution in [2.75, 3.05) is 30.8 Å². The van der Waals surface area contributed by atoms with Crippen LogP contribution in [0.3, 0.4) is 0 Å². The SMILES string of the molecule is COc1cc(N2CC[C@H](c3ccc(Cl)c(C)c3)C(F)(F)C2)c(F)cc1N. The van der Waals surface area contributed by atoms with Gasteiger partial charge in [0.15, 0.2) is 0 Å². The van der Waals surface area contributed by atoms with Crippen LogP contribution in [-0.4, -0.2) is 26.1 Å². The molecule has 26 heavy (non-hydrogen) atoms. The highest BCUT2D eigenvalue weighted by Crippen LogP contribution is 2.43. The van der Waals surface area contributed by atoms with Crippen LogP contribution in [0.25, 0.3) is 0 Å². The van der Waals surface area contributed by atoms with Crippen molar-refractivity contribution >= 4 is 23.0 Å². The van der Waals surface area contributed by atoms with Crippen LogP contribution in [-0.2, 0) is 0 Å². The zero-order valence-corrected chi connectivity index (χ0v) is 15.3. The number of ether oxygens (including phenoxy) is 1. The third-order valence-electron chi connectivity index (χ3n) is 4.82. The molecule has 1 fully saturated rings. The van der Waals surface area contributed by atoms with Crippen LogP contribution in [0.5, 0.6) is 5.75 Å². The highest BCUT2D eigenvalue weighted by Gasteiger charge is 2.46. The Morgan fingerprint density at radius 1 is 1.27 bits per heavy atom. The summed E-state index contributed by atoms with van der Waals surface area (Å²) in [6.45, 7) is 1.50. The molecule has 0 amide bonds. The van der Waals surface area contributed by atoms with Crippen LogP contribution < -0.4 is 15.4 Å². The topological polar surface area (TPSA) is 38.5 Å². The lowest BCUT2D eigenvalue weighted by Gasteiger charge is -2.40. The molecule has 7 heteroatoms. The minimum atomic E-state index is -3.01. The van der Waals surface area contributed by atoms with Crippen LogP contribution in [0.15, 0.2) is 30.3 Å². The first-order valence-electron chi connectivity index (χ1n) is 8.24. The normalized spacial score (nSPS) is 19.5. The second-order valence-corrected chi connectivity index (χ2v) is 6.99. The van der Waals surface area contributed by atoms with E-state index in [1.807, 2.05) is 0 Å². The summed E-state index contributed by atoms with van der Waals surface area (Å²) in [4.78, 5) is 1.34. The quantitative estimate of drug-likeness (QED) is 0.756. The highest BCUT2D eigenvalue weighted by atomic mass is 35.5. The minimum absolute atomic E-state index is 0.0708. The number of rotatable bonds is 3. The molecule has 0 aromatic heterocycles. The van der Waals surface area contributed by atoms with Gasteiger partial charge < -0.3 is 15.4 Å². The van der Waals surface area contributed by atoms with E-state index in [2.05, 4.69) is 0 Å². The number of alkyl halides is 2. The molecule has 3 nitrogen and oxygen atoms in total. The van der Waals surface area contributed by atoms with Crippen LogP contribution in [0, 0.1) is 12.7 Å². The van der Waals surface area contributed by atoms with E-state index in [1.165, 1.54) is 18.1 Å². The molecule has 2 aromatic carbocycles. The predicted molar refractivity (Wildman–Crippen MR) is 98.1 cm³/mol. The molecule has 0 spiro atoms. The van der Waals surface area contributed by atoms with Crippen molar-refractivity contribution in [2.24, 2.45) is 0 Å². The molecule has 1 aliphatic rings. The van der Waals surface area contributed by atoms with Crippen molar-refractivity contribution in [1.82, 2.24) is 0 Å². The van der Waals surface area contributed by atoms with Crippen molar-refractivity contribution in [3.05, 3.63) is 52.3 Å². The van der Waals surface area contributed by atoms with E-state index in [9.17, 15) is 13.2 Å². The fourth-order valence-electron chi connectivity index (χ4n) is 3.42. The maximum absolute atomic E-state index is 14.9. The van der Waals surface area contributed by atoms with Gasteiger partial charge in [0.1, 0.15) is 11.6 Å². The third kappa shape index (κ3) is 3.43. The molecule has 1 aliphatic heterocycles. The number of aryl methyl sites for hydroxylation is 1. The Morgan fingerprint density at radius 2 is 2.00 bits per heavy atom. The fourth-order valence-corrected chi connectivity index (χ4v) is 3.54. The van der Waals surface area contributed by atoms with E-state index in [4.69, 9.17) is 22.1 Å². The number of methoxy groups -OCH3 is 1. The smallest absolute Gasteiger partial charge is 0.272 e.